The monoisotopic (exact) mass is 455 g/mol. The third-order valence-electron chi connectivity index (χ3n) is 2.84. The van der Waals surface area contributed by atoms with E-state index in [4.69, 9.17) is 4.74 Å². The zero-order valence-corrected chi connectivity index (χ0v) is 17.4. The average molecular weight is 455 g/mol. The molecule has 5 heteroatoms. The average Bonchev–Trinajstić information content (AvgIpc) is 2.25. The molecule has 0 aliphatic heterocycles. The van der Waals surface area contributed by atoms with Crippen LogP contribution in [-0.2, 0) is 14.3 Å². The fraction of sp³-hybridized carbons (Fsp3) is 0.833. The van der Waals surface area contributed by atoms with Crippen molar-refractivity contribution in [1.82, 2.24) is 5.32 Å². The van der Waals surface area contributed by atoms with Gasteiger partial charge in [0.15, 0.2) is 0 Å². The Hall–Kier alpha value is 0.568. The summed E-state index contributed by atoms with van der Waals surface area (Å²) in [5.41, 5.74) is 0. The molecule has 1 N–H and O–H groups in total. The SMILES string of the molecule is [CH3][Ra][CH2]CC(=O)NC(C)C(C)OC(C)C(C)=O. The normalized spacial score (nSPS) is 15.6. The molecule has 0 heterocycles. The van der Waals surface area contributed by atoms with E-state index < -0.39 is 46.7 Å². The summed E-state index contributed by atoms with van der Waals surface area (Å²) < 4.78 is 8.94. The second-order valence-corrected chi connectivity index (χ2v) is 11.6. The Morgan fingerprint density at radius 2 is 1.88 bits per heavy atom. The molecule has 0 rings (SSSR count). The van der Waals surface area contributed by atoms with Gasteiger partial charge >= 0.3 is 128 Å². The van der Waals surface area contributed by atoms with Crippen LogP contribution >= 0.6 is 0 Å². The summed E-state index contributed by atoms with van der Waals surface area (Å²) in [6, 6.07) is -0.0568. The molecule has 0 spiro atoms. The third kappa shape index (κ3) is 8.31. The minimum absolute atomic E-state index is 0.0104. The topological polar surface area (TPSA) is 55.4 Å². The molecule has 3 atom stereocenters. The Balaban J connectivity index is 4.00. The van der Waals surface area contributed by atoms with Crippen LogP contribution in [0.2, 0.25) is 3.43 Å². The first-order valence-electron chi connectivity index (χ1n) is 6.33. The maximum atomic E-state index is 11.5. The molecule has 0 bridgehead atoms. The van der Waals surface area contributed by atoms with Gasteiger partial charge in [-0.2, -0.15) is 0 Å². The van der Waals surface area contributed by atoms with Crippen molar-refractivity contribution in [3.8, 4) is 0 Å². The Kier molecular flexibility index (Phi) is 9.81. The van der Waals surface area contributed by atoms with Crippen molar-refractivity contribution in [1.29, 1.82) is 0 Å². The van der Waals surface area contributed by atoms with Crippen LogP contribution in [0, 0.1) is 40.6 Å². The summed E-state index contributed by atoms with van der Waals surface area (Å²) in [6.07, 6.45) is 0.0997. The summed E-state index contributed by atoms with van der Waals surface area (Å²) in [4.78, 5) is 22.6. The van der Waals surface area contributed by atoms with Crippen LogP contribution in [0.25, 0.3) is 0 Å². The van der Waals surface area contributed by atoms with Crippen LogP contribution in [0.4, 0.5) is 0 Å². The molecule has 0 aliphatic carbocycles. The third-order valence-corrected chi connectivity index (χ3v) is 7.20. The standard InChI is InChI=1S/C11H20NO3.CH3.Ra/c1-6-11(14)12-7(2)9(4)15-10(5)8(3)13;;/h7,9-10H,1,6H2,2-5H3,(H,12,14);1H3;. The predicted octanol–water partition coefficient (Wildman–Crippen LogP) is 1.82. The zero-order valence-electron chi connectivity index (χ0n) is 11.6. The minimum atomic E-state index is -0.738. The van der Waals surface area contributed by atoms with Crippen molar-refractivity contribution in [2.75, 3.05) is 0 Å². The van der Waals surface area contributed by atoms with Gasteiger partial charge in [-0.05, 0) is 0 Å². The van der Waals surface area contributed by atoms with Gasteiger partial charge in [0.2, 0.25) is 0 Å². The van der Waals surface area contributed by atoms with E-state index in [0.29, 0.717) is 6.42 Å². The molecule has 0 aromatic rings. The van der Waals surface area contributed by atoms with E-state index in [0.717, 1.165) is 1.46 Å². The summed E-state index contributed by atoms with van der Waals surface area (Å²) in [5.74, 6) is 0.114. The first-order chi connectivity index (χ1) is 7.88. The first kappa shape index (κ1) is 17.6. The first-order valence-corrected chi connectivity index (χ1v) is 16.3. The molecule has 0 saturated heterocycles. The number of rotatable bonds is 8. The van der Waals surface area contributed by atoms with Gasteiger partial charge in [-0.25, -0.2) is 0 Å². The van der Waals surface area contributed by atoms with Gasteiger partial charge in [-0.1, -0.05) is 0 Å². The van der Waals surface area contributed by atoms with E-state index in [1.165, 1.54) is 6.92 Å². The number of carbonyl (C=O) groups is 2. The Morgan fingerprint density at radius 1 is 1.29 bits per heavy atom. The van der Waals surface area contributed by atoms with E-state index >= 15 is 0 Å². The van der Waals surface area contributed by atoms with Crippen LogP contribution < -0.4 is 5.32 Å². The number of ketones is 1. The van der Waals surface area contributed by atoms with Gasteiger partial charge in [0.25, 0.3) is 0 Å². The molecular weight excluding hydrogens is 432 g/mol. The van der Waals surface area contributed by atoms with Crippen molar-refractivity contribution < 1.29 is 54.9 Å². The molecule has 0 aromatic heterocycles. The van der Waals surface area contributed by atoms with Crippen LogP contribution in [0.5, 0.6) is 0 Å². The fourth-order valence-electron chi connectivity index (χ4n) is 1.32. The second kappa shape index (κ2) is 9.49. The van der Waals surface area contributed by atoms with Gasteiger partial charge in [-0.3, -0.25) is 0 Å². The number of carbonyl (C=O) groups excluding carboxylic acids is 2. The van der Waals surface area contributed by atoms with Gasteiger partial charge in [-0.15, -0.1) is 0 Å². The van der Waals surface area contributed by atoms with E-state index in [-0.39, 0.29) is 23.8 Å². The van der Waals surface area contributed by atoms with Crippen LogP contribution in [-0.4, -0.2) is 29.9 Å². The molecule has 0 radical (unpaired) electrons. The van der Waals surface area contributed by atoms with E-state index in [9.17, 15) is 9.59 Å². The summed E-state index contributed by atoms with van der Waals surface area (Å²) >= 11 is -0.738. The molecule has 0 saturated carbocycles. The molecule has 0 aliphatic rings. The maximum absolute atomic E-state index is 11.5. The van der Waals surface area contributed by atoms with E-state index in [2.05, 4.69) is 7.28 Å². The molecule has 96 valence electrons. The molecule has 4 nitrogen and oxygen atoms in total. The van der Waals surface area contributed by atoms with Crippen LogP contribution in [0.3, 0.4) is 0 Å². The van der Waals surface area contributed by atoms with Crippen molar-refractivity contribution in [3.05, 3.63) is 0 Å². The fourth-order valence-corrected chi connectivity index (χ4v) is 4.09. The number of ether oxygens (including phenoxy) is 1. The van der Waals surface area contributed by atoms with Crippen LogP contribution in [0.1, 0.15) is 34.1 Å². The summed E-state index contributed by atoms with van der Waals surface area (Å²) in [5, 5.41) is 2.92. The molecule has 17 heavy (non-hydrogen) atoms. The number of hydrogen-bond donors (Lipinski definition) is 1. The van der Waals surface area contributed by atoms with Crippen molar-refractivity contribution in [3.63, 3.8) is 0 Å². The van der Waals surface area contributed by atoms with Crippen molar-refractivity contribution in [2.45, 2.75) is 55.8 Å². The predicted molar refractivity (Wildman–Crippen MR) is 63.6 cm³/mol. The summed E-state index contributed by atoms with van der Waals surface area (Å²) in [6.45, 7) is 7.03. The number of amides is 1. The number of Topliss-reactive ketones (excluding diaryl/α,β-unsaturated/α-hetero) is 1. The number of hydrogen-bond acceptors (Lipinski definition) is 3. The van der Waals surface area contributed by atoms with Gasteiger partial charge < -0.3 is 0 Å². The van der Waals surface area contributed by atoms with E-state index in [1.807, 2.05) is 13.8 Å². The van der Waals surface area contributed by atoms with E-state index in [1.54, 1.807) is 6.92 Å². The Morgan fingerprint density at radius 3 is 2.35 bits per heavy atom. The second-order valence-electron chi connectivity index (χ2n) is 4.55. The molecule has 0 fully saturated rings. The van der Waals surface area contributed by atoms with Gasteiger partial charge in [0, 0.05) is 0 Å². The summed E-state index contributed by atoms with van der Waals surface area (Å²) in [7, 11) is 0. The number of nitrogens with one attached hydrogen (secondary N) is 1. The molecule has 1 amide bonds. The van der Waals surface area contributed by atoms with Gasteiger partial charge in [0.05, 0.1) is 0 Å². The molecule has 0 aromatic carbocycles. The molecular formula is C12H23NO3Ra. The Bertz CT molecular complexity index is 258. The van der Waals surface area contributed by atoms with Crippen LogP contribution in [0.15, 0.2) is 0 Å². The van der Waals surface area contributed by atoms with Crippen molar-refractivity contribution in [2.24, 2.45) is 0 Å². The Labute approximate surface area is 126 Å². The quantitative estimate of drug-likeness (QED) is 0.608. The van der Waals surface area contributed by atoms with Crippen molar-refractivity contribution >= 4 is 11.7 Å². The zero-order chi connectivity index (χ0) is 13.4. The molecule has 3 unspecified atom stereocenters. The van der Waals surface area contributed by atoms with Gasteiger partial charge in [0.1, 0.15) is 0 Å².